The first-order chi connectivity index (χ1) is 10.2. The Morgan fingerprint density at radius 2 is 2.29 bits per heavy atom. The van der Waals surface area contributed by atoms with Gasteiger partial charge in [0.05, 0.1) is 17.2 Å². The highest BCUT2D eigenvalue weighted by atomic mass is 32.1. The minimum Gasteiger partial charge on any atom is -0.390 e. The van der Waals surface area contributed by atoms with Crippen molar-refractivity contribution in [1.29, 1.82) is 0 Å². The van der Waals surface area contributed by atoms with Crippen molar-refractivity contribution >= 4 is 17.2 Å². The van der Waals surface area contributed by atoms with Gasteiger partial charge in [0, 0.05) is 18.2 Å². The molecular formula is C15H17N3O2S. The summed E-state index contributed by atoms with van der Waals surface area (Å²) in [5, 5.41) is 15.6. The third-order valence-electron chi connectivity index (χ3n) is 3.63. The Labute approximate surface area is 126 Å². The molecule has 110 valence electrons. The lowest BCUT2D eigenvalue weighted by atomic mass is 10.1. The summed E-state index contributed by atoms with van der Waals surface area (Å²) in [5.41, 5.74) is 7.93. The van der Waals surface area contributed by atoms with Crippen molar-refractivity contribution in [3.63, 3.8) is 0 Å². The normalized spacial score (nSPS) is 20.3. The molecule has 0 spiro atoms. The van der Waals surface area contributed by atoms with Crippen molar-refractivity contribution in [2.75, 3.05) is 6.54 Å². The lowest BCUT2D eigenvalue weighted by Crippen LogP contribution is -2.34. The van der Waals surface area contributed by atoms with Gasteiger partial charge >= 0.3 is 0 Å². The number of aromatic nitrogens is 1. The number of nitrogens with one attached hydrogen (secondary N) is 1. The fraction of sp³-hybridized carbons (Fsp3) is 0.333. The molecule has 0 fully saturated rings. The summed E-state index contributed by atoms with van der Waals surface area (Å²) in [6.45, 7) is 0.517. The molecule has 0 radical (unpaired) electrons. The second-order valence-electron chi connectivity index (χ2n) is 5.09. The molecule has 3 rings (SSSR count). The Bertz CT molecular complexity index is 656. The van der Waals surface area contributed by atoms with Gasteiger partial charge in [0.25, 0.3) is 5.91 Å². The Morgan fingerprint density at radius 3 is 3.10 bits per heavy atom. The largest absolute Gasteiger partial charge is 0.390 e. The van der Waals surface area contributed by atoms with Gasteiger partial charge < -0.3 is 16.2 Å². The molecule has 0 unspecified atom stereocenters. The van der Waals surface area contributed by atoms with Crippen molar-refractivity contribution in [2.24, 2.45) is 5.73 Å². The van der Waals surface area contributed by atoms with Crippen LogP contribution in [-0.4, -0.2) is 28.6 Å². The minimum absolute atomic E-state index is 0.254. The number of fused-ring (bicyclic) bond motifs is 1. The highest BCUT2D eigenvalue weighted by Crippen LogP contribution is 2.31. The first kappa shape index (κ1) is 14.2. The predicted molar refractivity (Wildman–Crippen MR) is 81.2 cm³/mol. The first-order valence-electron chi connectivity index (χ1n) is 6.90. The van der Waals surface area contributed by atoms with Crippen LogP contribution in [0.2, 0.25) is 0 Å². The molecule has 21 heavy (non-hydrogen) atoms. The van der Waals surface area contributed by atoms with E-state index >= 15 is 0 Å². The topological polar surface area (TPSA) is 88.2 Å². The zero-order valence-corrected chi connectivity index (χ0v) is 12.3. The minimum atomic E-state index is -0.589. The van der Waals surface area contributed by atoms with Gasteiger partial charge in [0.15, 0.2) is 0 Å². The van der Waals surface area contributed by atoms with E-state index in [4.69, 9.17) is 5.73 Å². The number of carbonyl (C=O) groups excluding carboxylic acids is 1. The summed E-state index contributed by atoms with van der Waals surface area (Å²) in [6, 6.07) is 7.41. The van der Waals surface area contributed by atoms with Crippen molar-refractivity contribution in [1.82, 2.24) is 10.3 Å². The average Bonchev–Trinajstić information content (AvgIpc) is 3.05. The summed E-state index contributed by atoms with van der Waals surface area (Å²) in [7, 11) is 0. The van der Waals surface area contributed by atoms with Crippen LogP contribution >= 0.6 is 11.3 Å². The fourth-order valence-electron chi connectivity index (χ4n) is 2.62. The number of aliphatic hydroxyl groups is 1. The molecule has 5 nitrogen and oxygen atoms in total. The standard InChI is InChI=1S/C15H17N3O2S/c16-6-5-13-17-11(8-21-13)15(20)18-14-10-4-2-1-3-9(10)7-12(14)19/h1-4,8,12,14,19H,5-7,16H2,(H,18,20)/t12-,14+/m1/s1. The molecule has 1 amide bonds. The molecule has 1 aliphatic rings. The number of aliphatic hydroxyl groups excluding tert-OH is 1. The van der Waals surface area contributed by atoms with Crippen LogP contribution in [0.25, 0.3) is 0 Å². The smallest absolute Gasteiger partial charge is 0.271 e. The van der Waals surface area contributed by atoms with Crippen LogP contribution in [0, 0.1) is 0 Å². The SMILES string of the molecule is NCCc1nc(C(=O)N[C@H]2c3ccccc3C[C@H]2O)cs1. The summed E-state index contributed by atoms with van der Waals surface area (Å²) in [6.07, 6.45) is 0.650. The third kappa shape index (κ3) is 2.83. The van der Waals surface area contributed by atoms with Crippen LogP contribution in [0.5, 0.6) is 0 Å². The molecule has 6 heteroatoms. The Hall–Kier alpha value is -1.76. The lowest BCUT2D eigenvalue weighted by Gasteiger charge is -2.17. The second kappa shape index (κ2) is 5.93. The molecular weight excluding hydrogens is 286 g/mol. The Morgan fingerprint density at radius 1 is 1.48 bits per heavy atom. The maximum atomic E-state index is 12.3. The zero-order valence-electron chi connectivity index (χ0n) is 11.5. The molecule has 0 saturated carbocycles. The molecule has 1 aliphatic carbocycles. The van der Waals surface area contributed by atoms with Crippen molar-refractivity contribution in [3.05, 3.63) is 51.5 Å². The predicted octanol–water partition coefficient (Wildman–Crippen LogP) is 1.03. The van der Waals surface area contributed by atoms with Crippen LogP contribution in [0.3, 0.4) is 0 Å². The van der Waals surface area contributed by atoms with Crippen LogP contribution in [0.4, 0.5) is 0 Å². The van der Waals surface area contributed by atoms with E-state index in [-0.39, 0.29) is 11.9 Å². The van der Waals surface area contributed by atoms with E-state index in [2.05, 4.69) is 10.3 Å². The molecule has 1 aromatic carbocycles. The summed E-state index contributed by atoms with van der Waals surface area (Å²) >= 11 is 1.43. The summed E-state index contributed by atoms with van der Waals surface area (Å²) < 4.78 is 0. The van der Waals surface area contributed by atoms with E-state index in [0.29, 0.717) is 25.1 Å². The molecule has 1 heterocycles. The van der Waals surface area contributed by atoms with Gasteiger partial charge in [0.1, 0.15) is 5.69 Å². The molecule has 1 aromatic heterocycles. The lowest BCUT2D eigenvalue weighted by molar-refractivity contribution is 0.0854. The van der Waals surface area contributed by atoms with E-state index in [1.807, 2.05) is 24.3 Å². The van der Waals surface area contributed by atoms with E-state index in [9.17, 15) is 9.90 Å². The fourth-order valence-corrected chi connectivity index (χ4v) is 3.41. The first-order valence-corrected chi connectivity index (χ1v) is 7.78. The van der Waals surface area contributed by atoms with E-state index < -0.39 is 6.10 Å². The number of carbonyl (C=O) groups is 1. The maximum absolute atomic E-state index is 12.3. The van der Waals surface area contributed by atoms with Crippen LogP contribution < -0.4 is 11.1 Å². The summed E-state index contributed by atoms with van der Waals surface area (Å²) in [4.78, 5) is 16.5. The average molecular weight is 303 g/mol. The van der Waals surface area contributed by atoms with Crippen molar-refractivity contribution in [2.45, 2.75) is 25.0 Å². The van der Waals surface area contributed by atoms with E-state index in [1.54, 1.807) is 5.38 Å². The van der Waals surface area contributed by atoms with E-state index in [1.165, 1.54) is 11.3 Å². The molecule has 2 aromatic rings. The number of amides is 1. The molecule has 2 atom stereocenters. The number of thiazole rings is 1. The molecule has 0 aliphatic heterocycles. The van der Waals surface area contributed by atoms with E-state index in [0.717, 1.165) is 16.1 Å². The number of rotatable bonds is 4. The quantitative estimate of drug-likeness (QED) is 0.787. The van der Waals surface area contributed by atoms with Gasteiger partial charge in [-0.2, -0.15) is 0 Å². The molecule has 0 bridgehead atoms. The van der Waals surface area contributed by atoms with Gasteiger partial charge in [-0.3, -0.25) is 4.79 Å². The van der Waals surface area contributed by atoms with Gasteiger partial charge in [-0.1, -0.05) is 24.3 Å². The number of hydrogen-bond donors (Lipinski definition) is 3. The van der Waals surface area contributed by atoms with Crippen LogP contribution in [0.15, 0.2) is 29.6 Å². The van der Waals surface area contributed by atoms with Crippen LogP contribution in [-0.2, 0) is 12.8 Å². The van der Waals surface area contributed by atoms with Crippen LogP contribution in [0.1, 0.15) is 32.7 Å². The highest BCUT2D eigenvalue weighted by molar-refractivity contribution is 7.09. The number of hydrogen-bond acceptors (Lipinski definition) is 5. The van der Waals surface area contributed by atoms with Crippen molar-refractivity contribution < 1.29 is 9.90 Å². The molecule has 4 N–H and O–H groups in total. The monoisotopic (exact) mass is 303 g/mol. The van der Waals surface area contributed by atoms with Gasteiger partial charge in [0.2, 0.25) is 0 Å². The van der Waals surface area contributed by atoms with Crippen molar-refractivity contribution in [3.8, 4) is 0 Å². The Kier molecular flexibility index (Phi) is 4.01. The van der Waals surface area contributed by atoms with Gasteiger partial charge in [-0.25, -0.2) is 4.98 Å². The second-order valence-corrected chi connectivity index (χ2v) is 6.03. The van der Waals surface area contributed by atoms with Gasteiger partial charge in [-0.05, 0) is 17.7 Å². The third-order valence-corrected chi connectivity index (χ3v) is 4.54. The molecule has 0 saturated heterocycles. The number of nitrogens with two attached hydrogens (primary N) is 1. The van der Waals surface area contributed by atoms with Gasteiger partial charge in [-0.15, -0.1) is 11.3 Å². The Balaban J connectivity index is 1.75. The summed E-state index contributed by atoms with van der Waals surface area (Å²) in [5.74, 6) is -0.254. The highest BCUT2D eigenvalue weighted by Gasteiger charge is 2.32. The number of benzene rings is 1. The maximum Gasteiger partial charge on any atom is 0.271 e. The number of nitrogens with zero attached hydrogens (tertiary/aromatic N) is 1. The zero-order chi connectivity index (χ0) is 14.8.